The molecule has 0 saturated carbocycles. The van der Waals surface area contributed by atoms with E-state index in [1.807, 2.05) is 0 Å². The molecule has 0 bridgehead atoms. The molecule has 1 aliphatic heterocycles. The summed E-state index contributed by atoms with van der Waals surface area (Å²) in [5.74, 6) is 0.00413. The molecule has 5 N–H and O–H groups in total. The van der Waals surface area contributed by atoms with Crippen molar-refractivity contribution in [3.05, 3.63) is 29.8 Å². The predicted octanol–water partition coefficient (Wildman–Crippen LogP) is -1.09. The normalized spacial score (nSPS) is 36.6. The fourth-order valence-electron chi connectivity index (χ4n) is 2.08. The fourth-order valence-corrected chi connectivity index (χ4v) is 2.08. The van der Waals surface area contributed by atoms with Crippen molar-refractivity contribution in [2.24, 2.45) is 0 Å². The number of ether oxygens (including phenoxy) is 1. The number of hydrogen-bond donors (Lipinski definition) is 5. The Morgan fingerprint density at radius 3 is 2.39 bits per heavy atom. The lowest BCUT2D eigenvalue weighted by atomic mass is 9.91. The third-order valence-electron chi connectivity index (χ3n) is 3.09. The molecule has 0 aliphatic carbocycles. The first kappa shape index (κ1) is 13.3. The van der Waals surface area contributed by atoms with Gasteiger partial charge in [-0.2, -0.15) is 0 Å². The minimum absolute atomic E-state index is 0.00413. The van der Waals surface area contributed by atoms with Crippen LogP contribution in [0.3, 0.4) is 0 Å². The second-order valence-electron chi connectivity index (χ2n) is 4.34. The Hall–Kier alpha value is -1.18. The number of hydrogen-bond acceptors (Lipinski definition) is 6. The second-order valence-corrected chi connectivity index (χ2v) is 4.34. The SMILES string of the molecule is OC[C@H]1OC(c2cccc(O)c2)[C@H](O)[C@@H](O)[C@H]1O. The summed E-state index contributed by atoms with van der Waals surface area (Å²) >= 11 is 0. The molecule has 0 radical (unpaired) electrons. The standard InChI is InChI=1S/C12H16O6/c13-5-8-9(15)10(16)11(17)12(18-8)6-2-1-3-7(14)4-6/h1-4,8-17H,5H2/t8-,9+,10+,11-,12?/m1/s1. The van der Waals surface area contributed by atoms with Gasteiger partial charge >= 0.3 is 0 Å². The molecule has 5 atom stereocenters. The van der Waals surface area contributed by atoms with Crippen LogP contribution >= 0.6 is 0 Å². The topological polar surface area (TPSA) is 110 Å². The Bertz CT molecular complexity index is 407. The molecule has 1 heterocycles. The smallest absolute Gasteiger partial charge is 0.115 e. The van der Waals surface area contributed by atoms with Crippen molar-refractivity contribution in [2.45, 2.75) is 30.5 Å². The molecule has 1 unspecified atom stereocenters. The van der Waals surface area contributed by atoms with E-state index >= 15 is 0 Å². The molecule has 6 nitrogen and oxygen atoms in total. The van der Waals surface area contributed by atoms with Gasteiger partial charge in [-0.15, -0.1) is 0 Å². The van der Waals surface area contributed by atoms with Crippen molar-refractivity contribution in [3.63, 3.8) is 0 Å². The number of aromatic hydroxyl groups is 1. The van der Waals surface area contributed by atoms with Gasteiger partial charge < -0.3 is 30.3 Å². The molecule has 1 aliphatic rings. The van der Waals surface area contributed by atoms with Crippen molar-refractivity contribution in [1.82, 2.24) is 0 Å². The van der Waals surface area contributed by atoms with Gasteiger partial charge in [-0.1, -0.05) is 12.1 Å². The van der Waals surface area contributed by atoms with Gasteiger partial charge in [0.1, 0.15) is 36.3 Å². The Morgan fingerprint density at radius 2 is 1.78 bits per heavy atom. The van der Waals surface area contributed by atoms with Gasteiger partial charge in [-0.05, 0) is 17.7 Å². The van der Waals surface area contributed by atoms with E-state index in [0.717, 1.165) is 0 Å². The van der Waals surface area contributed by atoms with Crippen LogP contribution in [0.1, 0.15) is 11.7 Å². The van der Waals surface area contributed by atoms with Gasteiger partial charge in [0.15, 0.2) is 0 Å². The lowest BCUT2D eigenvalue weighted by molar-refractivity contribution is -0.231. The summed E-state index contributed by atoms with van der Waals surface area (Å²) < 4.78 is 5.35. The second kappa shape index (κ2) is 5.21. The van der Waals surface area contributed by atoms with Crippen LogP contribution in [0.2, 0.25) is 0 Å². The zero-order valence-corrected chi connectivity index (χ0v) is 9.55. The van der Waals surface area contributed by atoms with Gasteiger partial charge in [0.25, 0.3) is 0 Å². The van der Waals surface area contributed by atoms with E-state index < -0.39 is 37.1 Å². The van der Waals surface area contributed by atoms with E-state index in [0.29, 0.717) is 5.56 Å². The maximum absolute atomic E-state index is 9.87. The Labute approximate surface area is 104 Å². The van der Waals surface area contributed by atoms with Crippen molar-refractivity contribution < 1.29 is 30.3 Å². The van der Waals surface area contributed by atoms with Crippen molar-refractivity contribution in [1.29, 1.82) is 0 Å². The van der Waals surface area contributed by atoms with E-state index in [1.54, 1.807) is 12.1 Å². The van der Waals surface area contributed by atoms with Gasteiger partial charge in [0.05, 0.1) is 6.61 Å². The molecule has 1 saturated heterocycles. The molecule has 18 heavy (non-hydrogen) atoms. The molecular weight excluding hydrogens is 240 g/mol. The molecular formula is C12H16O6. The number of aliphatic hydroxyl groups excluding tert-OH is 4. The molecule has 1 aromatic rings. The summed E-state index contributed by atoms with van der Waals surface area (Å²) in [7, 11) is 0. The number of phenols is 1. The Kier molecular flexibility index (Phi) is 3.84. The average Bonchev–Trinajstić information content (AvgIpc) is 2.36. The third-order valence-corrected chi connectivity index (χ3v) is 3.09. The van der Waals surface area contributed by atoms with E-state index in [1.165, 1.54) is 12.1 Å². The lowest BCUT2D eigenvalue weighted by Crippen LogP contribution is -2.55. The quantitative estimate of drug-likeness (QED) is 0.460. The van der Waals surface area contributed by atoms with Crippen LogP contribution in [0.4, 0.5) is 0 Å². The first-order chi connectivity index (χ1) is 8.54. The van der Waals surface area contributed by atoms with Gasteiger partial charge in [0, 0.05) is 0 Å². The highest BCUT2D eigenvalue weighted by Crippen LogP contribution is 2.33. The third kappa shape index (κ3) is 2.33. The minimum Gasteiger partial charge on any atom is -0.508 e. The van der Waals surface area contributed by atoms with E-state index in [4.69, 9.17) is 9.84 Å². The van der Waals surface area contributed by atoms with Crippen LogP contribution in [0.25, 0.3) is 0 Å². The molecule has 1 aromatic carbocycles. The van der Waals surface area contributed by atoms with Crippen LogP contribution in [0.5, 0.6) is 5.75 Å². The fraction of sp³-hybridized carbons (Fsp3) is 0.500. The summed E-state index contributed by atoms with van der Waals surface area (Å²) in [5, 5.41) is 47.6. The summed E-state index contributed by atoms with van der Waals surface area (Å²) in [6.45, 7) is -0.472. The van der Waals surface area contributed by atoms with Crippen molar-refractivity contribution >= 4 is 0 Å². The van der Waals surface area contributed by atoms with Crippen LogP contribution in [0.15, 0.2) is 24.3 Å². The summed E-state index contributed by atoms with van der Waals surface area (Å²) in [5.41, 5.74) is 0.465. The lowest BCUT2D eigenvalue weighted by Gasteiger charge is -2.40. The molecule has 0 amide bonds. The highest BCUT2D eigenvalue weighted by atomic mass is 16.5. The molecule has 0 spiro atoms. The largest absolute Gasteiger partial charge is 0.508 e. The van der Waals surface area contributed by atoms with E-state index in [2.05, 4.69) is 0 Å². The maximum atomic E-state index is 9.87. The van der Waals surface area contributed by atoms with Gasteiger partial charge in [-0.25, -0.2) is 0 Å². The number of benzene rings is 1. The highest BCUT2D eigenvalue weighted by molar-refractivity contribution is 5.30. The average molecular weight is 256 g/mol. The van der Waals surface area contributed by atoms with Crippen LogP contribution in [-0.4, -0.2) is 56.6 Å². The first-order valence-corrected chi connectivity index (χ1v) is 5.64. The predicted molar refractivity (Wildman–Crippen MR) is 60.8 cm³/mol. The van der Waals surface area contributed by atoms with Gasteiger partial charge in [-0.3, -0.25) is 0 Å². The minimum atomic E-state index is -1.41. The van der Waals surface area contributed by atoms with Crippen molar-refractivity contribution in [3.8, 4) is 5.75 Å². The highest BCUT2D eigenvalue weighted by Gasteiger charge is 2.43. The zero-order chi connectivity index (χ0) is 13.3. The number of phenolic OH excluding ortho intramolecular Hbond substituents is 1. The molecule has 6 heteroatoms. The molecule has 0 aromatic heterocycles. The zero-order valence-electron chi connectivity index (χ0n) is 9.55. The molecule has 2 rings (SSSR count). The summed E-state index contributed by atoms with van der Waals surface area (Å²) in [6, 6.07) is 6.05. The van der Waals surface area contributed by atoms with Crippen LogP contribution in [-0.2, 0) is 4.74 Å². The Morgan fingerprint density at radius 1 is 1.06 bits per heavy atom. The molecule has 100 valence electrons. The number of aliphatic hydroxyl groups is 4. The van der Waals surface area contributed by atoms with Crippen LogP contribution < -0.4 is 0 Å². The first-order valence-electron chi connectivity index (χ1n) is 5.64. The summed E-state index contributed by atoms with van der Waals surface area (Å²) in [6.07, 6.45) is -5.98. The van der Waals surface area contributed by atoms with E-state index in [9.17, 15) is 20.4 Å². The van der Waals surface area contributed by atoms with Crippen LogP contribution in [0, 0.1) is 0 Å². The maximum Gasteiger partial charge on any atom is 0.115 e. The van der Waals surface area contributed by atoms with Crippen molar-refractivity contribution in [2.75, 3.05) is 6.61 Å². The summed E-state index contributed by atoms with van der Waals surface area (Å²) in [4.78, 5) is 0. The Balaban J connectivity index is 2.27. The van der Waals surface area contributed by atoms with Gasteiger partial charge in [0.2, 0.25) is 0 Å². The van der Waals surface area contributed by atoms with E-state index in [-0.39, 0.29) is 5.75 Å². The number of rotatable bonds is 2. The molecule has 1 fully saturated rings. The monoisotopic (exact) mass is 256 g/mol.